The highest BCUT2D eigenvalue weighted by atomic mass is 16.6. The van der Waals surface area contributed by atoms with Crippen molar-refractivity contribution in [1.82, 2.24) is 0 Å². The predicted octanol–water partition coefficient (Wildman–Crippen LogP) is 6.37. The van der Waals surface area contributed by atoms with E-state index < -0.39 is 0 Å². The van der Waals surface area contributed by atoms with E-state index in [2.05, 4.69) is 71.0 Å². The number of hydrogen-bond acceptors (Lipinski definition) is 2. The Balaban J connectivity index is 1.70. The first-order valence-electron chi connectivity index (χ1n) is 10.00. The highest BCUT2D eigenvalue weighted by Gasteiger charge is 2.36. The summed E-state index contributed by atoms with van der Waals surface area (Å²) in [4.78, 5) is 0. The summed E-state index contributed by atoms with van der Waals surface area (Å²) in [5.41, 5.74) is 7.23. The molecule has 1 aliphatic carbocycles. The fourth-order valence-electron chi connectivity index (χ4n) is 4.32. The summed E-state index contributed by atoms with van der Waals surface area (Å²) >= 11 is 0. The first-order valence-corrected chi connectivity index (χ1v) is 10.00. The summed E-state index contributed by atoms with van der Waals surface area (Å²) in [5, 5.41) is 0. The molecule has 0 amide bonds. The highest BCUT2D eigenvalue weighted by molar-refractivity contribution is 5.81. The van der Waals surface area contributed by atoms with Crippen LogP contribution < -0.4 is 9.47 Å². The van der Waals surface area contributed by atoms with Crippen LogP contribution in [0.4, 0.5) is 0 Å². The van der Waals surface area contributed by atoms with Crippen molar-refractivity contribution in [3.05, 3.63) is 58.7 Å². The fraction of sp³-hybridized carbons (Fsp3) is 0.440. The third-order valence-electron chi connectivity index (χ3n) is 6.26. The third kappa shape index (κ3) is 3.38. The van der Waals surface area contributed by atoms with Gasteiger partial charge in [-0.05, 0) is 70.6 Å². The molecule has 4 rings (SSSR count). The van der Waals surface area contributed by atoms with Gasteiger partial charge in [0.25, 0.3) is 0 Å². The van der Waals surface area contributed by atoms with Crippen LogP contribution in [0.15, 0.2) is 36.4 Å². The van der Waals surface area contributed by atoms with Crippen LogP contribution in [-0.2, 0) is 10.8 Å². The van der Waals surface area contributed by atoms with Crippen LogP contribution in [0.2, 0.25) is 0 Å². The Kier molecular flexibility index (Phi) is 4.33. The van der Waals surface area contributed by atoms with Gasteiger partial charge in [-0.25, -0.2) is 0 Å². The topological polar surface area (TPSA) is 18.5 Å². The molecule has 1 aliphatic heterocycles. The fourth-order valence-corrected chi connectivity index (χ4v) is 4.32. The molecule has 2 nitrogen and oxygen atoms in total. The van der Waals surface area contributed by atoms with Gasteiger partial charge in [-0.3, -0.25) is 0 Å². The molecular weight excluding hydrogens is 332 g/mol. The zero-order valence-corrected chi connectivity index (χ0v) is 17.2. The molecule has 0 saturated heterocycles. The monoisotopic (exact) mass is 362 g/mol. The lowest BCUT2D eigenvalue weighted by Crippen LogP contribution is -2.33. The lowest BCUT2D eigenvalue weighted by atomic mass is 9.63. The molecule has 27 heavy (non-hydrogen) atoms. The number of ether oxygens (including phenoxy) is 2. The van der Waals surface area contributed by atoms with Crippen LogP contribution in [0.25, 0.3) is 11.6 Å². The molecule has 2 heteroatoms. The summed E-state index contributed by atoms with van der Waals surface area (Å²) in [5.74, 6) is 1.69. The largest absolute Gasteiger partial charge is 0.486 e. The van der Waals surface area contributed by atoms with Crippen LogP contribution >= 0.6 is 0 Å². The van der Waals surface area contributed by atoms with Crippen molar-refractivity contribution in [2.45, 2.75) is 58.3 Å². The quantitative estimate of drug-likeness (QED) is 0.578. The maximum atomic E-state index is 5.72. The van der Waals surface area contributed by atoms with Gasteiger partial charge in [-0.15, -0.1) is 0 Å². The van der Waals surface area contributed by atoms with Crippen molar-refractivity contribution in [3.8, 4) is 11.5 Å². The van der Waals surface area contributed by atoms with Crippen molar-refractivity contribution in [3.63, 3.8) is 0 Å². The van der Waals surface area contributed by atoms with Gasteiger partial charge in [0.05, 0.1) is 0 Å². The van der Waals surface area contributed by atoms with Crippen molar-refractivity contribution >= 4 is 11.6 Å². The Hall–Kier alpha value is -2.22. The molecule has 0 radical (unpaired) electrons. The molecular formula is C25H30O2. The molecule has 0 unspecified atom stereocenters. The SMILES string of the molecule is CC(=Cc1ccc2c(c1)OCCO2)c1ccc2c(c1)C(C)(C)CCC2(C)C. The van der Waals surface area contributed by atoms with Crippen LogP contribution in [0.1, 0.15) is 69.7 Å². The number of fused-ring (bicyclic) bond motifs is 2. The molecule has 142 valence electrons. The van der Waals surface area contributed by atoms with Crippen molar-refractivity contribution < 1.29 is 9.47 Å². The Morgan fingerprint density at radius 1 is 0.815 bits per heavy atom. The molecule has 0 fully saturated rings. The zero-order chi connectivity index (χ0) is 19.2. The van der Waals surface area contributed by atoms with Gasteiger partial charge in [-0.2, -0.15) is 0 Å². The average molecular weight is 363 g/mol. The second-order valence-electron chi connectivity index (χ2n) is 9.26. The third-order valence-corrected chi connectivity index (χ3v) is 6.26. The van der Waals surface area contributed by atoms with Crippen LogP contribution in [0, 0.1) is 0 Å². The lowest BCUT2D eigenvalue weighted by Gasteiger charge is -2.42. The maximum absolute atomic E-state index is 5.72. The number of benzene rings is 2. The van der Waals surface area contributed by atoms with E-state index in [0.29, 0.717) is 13.2 Å². The van der Waals surface area contributed by atoms with Gasteiger partial charge in [0.2, 0.25) is 0 Å². The zero-order valence-electron chi connectivity index (χ0n) is 17.2. The first kappa shape index (κ1) is 18.2. The van der Waals surface area contributed by atoms with Crippen molar-refractivity contribution in [2.24, 2.45) is 0 Å². The smallest absolute Gasteiger partial charge is 0.161 e. The minimum Gasteiger partial charge on any atom is -0.486 e. The van der Waals surface area contributed by atoms with E-state index in [-0.39, 0.29) is 10.8 Å². The second-order valence-corrected chi connectivity index (χ2v) is 9.26. The van der Waals surface area contributed by atoms with E-state index in [1.165, 1.54) is 35.1 Å². The summed E-state index contributed by atoms with van der Waals surface area (Å²) in [6.07, 6.45) is 4.72. The van der Waals surface area contributed by atoms with E-state index >= 15 is 0 Å². The van der Waals surface area contributed by atoms with Crippen LogP contribution in [0.3, 0.4) is 0 Å². The Labute approximate surface area is 163 Å². The standard InChI is InChI=1S/C25H30O2/c1-17(14-18-6-9-22-23(15-18)27-13-12-26-22)19-7-8-20-21(16-19)25(4,5)11-10-24(20,2)3/h6-9,14-16H,10-13H2,1-5H3. The second kappa shape index (κ2) is 6.44. The Bertz CT molecular complexity index is 903. The van der Waals surface area contributed by atoms with E-state index in [0.717, 1.165) is 17.1 Å². The van der Waals surface area contributed by atoms with Gasteiger partial charge in [0, 0.05) is 0 Å². The van der Waals surface area contributed by atoms with E-state index in [1.807, 2.05) is 6.07 Å². The Morgan fingerprint density at radius 2 is 1.48 bits per heavy atom. The van der Waals surface area contributed by atoms with Crippen LogP contribution in [-0.4, -0.2) is 13.2 Å². The maximum Gasteiger partial charge on any atom is 0.161 e. The molecule has 0 aromatic heterocycles. The number of hydrogen-bond donors (Lipinski definition) is 0. The highest BCUT2D eigenvalue weighted by Crippen LogP contribution is 2.46. The van der Waals surface area contributed by atoms with E-state index in [9.17, 15) is 0 Å². The van der Waals surface area contributed by atoms with Gasteiger partial charge in [0.1, 0.15) is 13.2 Å². The molecule has 1 heterocycles. The van der Waals surface area contributed by atoms with Gasteiger partial charge in [-0.1, -0.05) is 58.0 Å². The molecule has 0 spiro atoms. The Morgan fingerprint density at radius 3 is 2.22 bits per heavy atom. The van der Waals surface area contributed by atoms with E-state index in [1.54, 1.807) is 0 Å². The number of allylic oxidation sites excluding steroid dienone is 1. The lowest BCUT2D eigenvalue weighted by molar-refractivity contribution is 0.171. The summed E-state index contributed by atoms with van der Waals surface area (Å²) < 4.78 is 11.3. The molecule has 2 aromatic rings. The minimum absolute atomic E-state index is 0.234. The van der Waals surface area contributed by atoms with Crippen molar-refractivity contribution in [1.29, 1.82) is 0 Å². The van der Waals surface area contributed by atoms with Gasteiger partial charge < -0.3 is 9.47 Å². The number of rotatable bonds is 2. The molecule has 0 saturated carbocycles. The summed E-state index contributed by atoms with van der Waals surface area (Å²) in [6, 6.07) is 13.2. The molecule has 2 aromatic carbocycles. The summed E-state index contributed by atoms with van der Waals surface area (Å²) in [6.45, 7) is 12.9. The first-order chi connectivity index (χ1) is 12.8. The van der Waals surface area contributed by atoms with Crippen molar-refractivity contribution in [2.75, 3.05) is 13.2 Å². The molecule has 0 atom stereocenters. The van der Waals surface area contributed by atoms with Gasteiger partial charge in [0.15, 0.2) is 11.5 Å². The summed E-state index contributed by atoms with van der Waals surface area (Å²) in [7, 11) is 0. The predicted molar refractivity (Wildman–Crippen MR) is 113 cm³/mol. The minimum atomic E-state index is 0.234. The van der Waals surface area contributed by atoms with Gasteiger partial charge >= 0.3 is 0 Å². The average Bonchev–Trinajstić information content (AvgIpc) is 2.65. The molecule has 0 N–H and O–H groups in total. The molecule has 2 aliphatic rings. The normalized spacial score (nSPS) is 20.1. The van der Waals surface area contributed by atoms with E-state index in [4.69, 9.17) is 9.47 Å². The molecule has 0 bridgehead atoms. The van der Waals surface area contributed by atoms with Crippen LogP contribution in [0.5, 0.6) is 11.5 Å².